The molecule has 4 heteroatoms. The Morgan fingerprint density at radius 1 is 1.22 bits per heavy atom. The lowest BCUT2D eigenvalue weighted by molar-refractivity contribution is -0.0667. The molecule has 23 heavy (non-hydrogen) atoms. The van der Waals surface area contributed by atoms with Crippen molar-refractivity contribution >= 4 is 5.96 Å². The van der Waals surface area contributed by atoms with Crippen molar-refractivity contribution in [1.29, 1.82) is 0 Å². The van der Waals surface area contributed by atoms with Crippen LogP contribution in [0.15, 0.2) is 29.3 Å². The third-order valence-corrected chi connectivity index (χ3v) is 5.29. The van der Waals surface area contributed by atoms with Gasteiger partial charge in [0.1, 0.15) is 0 Å². The second kappa shape index (κ2) is 6.91. The second-order valence-corrected chi connectivity index (χ2v) is 7.40. The summed E-state index contributed by atoms with van der Waals surface area (Å²) in [5, 5.41) is 3.44. The first-order valence-corrected chi connectivity index (χ1v) is 8.45. The largest absolute Gasteiger partial charge is 0.380 e. The molecular weight excluding hydrogens is 286 g/mol. The van der Waals surface area contributed by atoms with Crippen LogP contribution >= 0.6 is 0 Å². The Labute approximate surface area is 140 Å². The highest BCUT2D eigenvalue weighted by Gasteiger charge is 2.53. The van der Waals surface area contributed by atoms with Gasteiger partial charge >= 0.3 is 0 Å². The van der Waals surface area contributed by atoms with Gasteiger partial charge in [0.15, 0.2) is 5.96 Å². The van der Waals surface area contributed by atoms with Crippen LogP contribution in [0.4, 0.5) is 0 Å². The Hall–Kier alpha value is -1.55. The van der Waals surface area contributed by atoms with Crippen LogP contribution in [0.5, 0.6) is 0 Å². The Morgan fingerprint density at radius 3 is 2.39 bits per heavy atom. The van der Waals surface area contributed by atoms with Gasteiger partial charge in [0.05, 0.1) is 13.2 Å². The summed E-state index contributed by atoms with van der Waals surface area (Å²) in [4.78, 5) is 7.27. The topological polar surface area (TPSA) is 36.9 Å². The maximum Gasteiger partial charge on any atom is 0.194 e. The molecule has 2 rings (SSSR count). The van der Waals surface area contributed by atoms with Gasteiger partial charge in [-0.05, 0) is 31.9 Å². The minimum Gasteiger partial charge on any atom is -0.380 e. The molecule has 128 valence electrons. The van der Waals surface area contributed by atoms with Gasteiger partial charge in [-0.1, -0.05) is 38.1 Å². The summed E-state index contributed by atoms with van der Waals surface area (Å²) in [6, 6.07) is 8.35. The van der Waals surface area contributed by atoms with Crippen molar-refractivity contribution < 1.29 is 4.74 Å². The van der Waals surface area contributed by atoms with Gasteiger partial charge in [0.2, 0.25) is 0 Å². The number of hydrogen-bond acceptors (Lipinski definition) is 2. The molecule has 0 aliphatic carbocycles. The van der Waals surface area contributed by atoms with E-state index >= 15 is 0 Å². The highest BCUT2D eigenvalue weighted by atomic mass is 16.5. The van der Waals surface area contributed by atoms with Crippen LogP contribution in [-0.2, 0) is 17.9 Å². The summed E-state index contributed by atoms with van der Waals surface area (Å²) >= 11 is 0. The molecule has 1 aromatic rings. The van der Waals surface area contributed by atoms with E-state index in [-0.39, 0.29) is 5.54 Å². The highest BCUT2D eigenvalue weighted by Crippen LogP contribution is 2.46. The average Bonchev–Trinajstić information content (AvgIpc) is 2.51. The molecule has 1 N–H and O–H groups in total. The third kappa shape index (κ3) is 3.52. The summed E-state index contributed by atoms with van der Waals surface area (Å²) in [5.41, 5.74) is 2.84. The summed E-state index contributed by atoms with van der Waals surface area (Å²) in [6.45, 7) is 14.6. The van der Waals surface area contributed by atoms with Crippen LogP contribution in [0.3, 0.4) is 0 Å². The van der Waals surface area contributed by atoms with E-state index in [0.29, 0.717) is 18.6 Å². The number of nitrogens with zero attached hydrogens (tertiary/aromatic N) is 2. The number of likely N-dealkylation sites (tertiary alicyclic amines) is 1. The molecule has 4 nitrogen and oxygen atoms in total. The summed E-state index contributed by atoms with van der Waals surface area (Å²) in [7, 11) is 1.73. The quantitative estimate of drug-likeness (QED) is 0.668. The monoisotopic (exact) mass is 317 g/mol. The molecule has 0 amide bonds. The molecule has 0 saturated carbocycles. The van der Waals surface area contributed by atoms with E-state index < -0.39 is 0 Å². The van der Waals surface area contributed by atoms with E-state index in [4.69, 9.17) is 9.73 Å². The third-order valence-electron chi connectivity index (χ3n) is 5.29. The van der Waals surface area contributed by atoms with Crippen molar-refractivity contribution in [1.82, 2.24) is 10.2 Å². The fraction of sp³-hybridized carbons (Fsp3) is 0.632. The highest BCUT2D eigenvalue weighted by molar-refractivity contribution is 5.82. The minimum absolute atomic E-state index is 0.111. The number of aliphatic imine (C=N–C) groups is 1. The van der Waals surface area contributed by atoms with Gasteiger partial charge < -0.3 is 15.0 Å². The zero-order valence-corrected chi connectivity index (χ0v) is 15.4. The maximum absolute atomic E-state index is 5.29. The van der Waals surface area contributed by atoms with Crippen molar-refractivity contribution in [3.05, 3.63) is 35.4 Å². The van der Waals surface area contributed by atoms with E-state index in [0.717, 1.165) is 19.0 Å². The molecule has 0 spiro atoms. The van der Waals surface area contributed by atoms with Crippen molar-refractivity contribution in [3.8, 4) is 0 Å². The van der Waals surface area contributed by atoms with Crippen LogP contribution in [0.2, 0.25) is 0 Å². The number of rotatable bonds is 5. The van der Waals surface area contributed by atoms with E-state index in [9.17, 15) is 0 Å². The number of methoxy groups -OCH3 is 1. The van der Waals surface area contributed by atoms with Crippen molar-refractivity contribution in [2.24, 2.45) is 10.4 Å². The number of benzene rings is 1. The molecule has 1 fully saturated rings. The lowest BCUT2D eigenvalue weighted by Gasteiger charge is -2.62. The molecule has 1 aliphatic rings. The predicted octanol–water partition coefficient (Wildman–Crippen LogP) is 3.42. The van der Waals surface area contributed by atoms with Crippen molar-refractivity contribution in [2.75, 3.05) is 20.2 Å². The molecular formula is C19H31N3O. The fourth-order valence-corrected chi connectivity index (χ4v) is 2.96. The molecule has 1 aromatic carbocycles. The summed E-state index contributed by atoms with van der Waals surface area (Å²) in [5.74, 6) is 1.00. The van der Waals surface area contributed by atoms with Gasteiger partial charge in [0.25, 0.3) is 0 Å². The normalized spacial score (nSPS) is 19.4. The fourth-order valence-electron chi connectivity index (χ4n) is 2.96. The van der Waals surface area contributed by atoms with Gasteiger partial charge in [-0.15, -0.1) is 0 Å². The Morgan fingerprint density at radius 2 is 1.87 bits per heavy atom. The zero-order valence-electron chi connectivity index (χ0n) is 15.4. The van der Waals surface area contributed by atoms with E-state index in [2.05, 4.69) is 63.0 Å². The van der Waals surface area contributed by atoms with Crippen LogP contribution in [-0.4, -0.2) is 36.6 Å². The van der Waals surface area contributed by atoms with Crippen LogP contribution in [0.25, 0.3) is 0 Å². The van der Waals surface area contributed by atoms with E-state index in [1.54, 1.807) is 7.11 Å². The number of ether oxygens (including phenoxy) is 1. The van der Waals surface area contributed by atoms with Crippen LogP contribution < -0.4 is 5.32 Å². The van der Waals surface area contributed by atoms with E-state index in [1.165, 1.54) is 11.1 Å². The Kier molecular flexibility index (Phi) is 5.35. The molecule has 0 aromatic heterocycles. The molecule has 1 aliphatic heterocycles. The van der Waals surface area contributed by atoms with Gasteiger partial charge in [-0.2, -0.15) is 0 Å². The second-order valence-electron chi connectivity index (χ2n) is 7.40. The SMILES string of the molecule is CCNC(=NCc1ccccc1COC)N1CC(C)(C)C1(C)C. The first-order valence-electron chi connectivity index (χ1n) is 8.45. The number of hydrogen-bond donors (Lipinski definition) is 1. The summed E-state index contributed by atoms with van der Waals surface area (Å²) in [6.07, 6.45) is 0. The number of nitrogens with one attached hydrogen (secondary N) is 1. The van der Waals surface area contributed by atoms with Crippen LogP contribution in [0.1, 0.15) is 45.7 Å². The van der Waals surface area contributed by atoms with Gasteiger partial charge in [-0.25, -0.2) is 4.99 Å². The standard InChI is InChI=1S/C19H31N3O/c1-7-20-17(22-14-18(2,3)19(22,4)5)21-12-15-10-8-9-11-16(15)13-23-6/h8-11H,7,12-14H2,1-6H3,(H,20,21). The average molecular weight is 317 g/mol. The van der Waals surface area contributed by atoms with Crippen LogP contribution in [0, 0.1) is 5.41 Å². The smallest absolute Gasteiger partial charge is 0.194 e. The molecule has 0 bridgehead atoms. The molecule has 0 unspecified atom stereocenters. The van der Waals surface area contributed by atoms with E-state index in [1.807, 2.05) is 6.07 Å². The summed E-state index contributed by atoms with van der Waals surface area (Å²) < 4.78 is 5.29. The van der Waals surface area contributed by atoms with Gasteiger partial charge in [-0.3, -0.25) is 0 Å². The molecule has 0 radical (unpaired) electrons. The molecule has 1 saturated heterocycles. The van der Waals surface area contributed by atoms with Gasteiger partial charge in [0, 0.05) is 31.2 Å². The molecule has 0 atom stereocenters. The first kappa shape index (κ1) is 17.8. The maximum atomic E-state index is 5.29. The van der Waals surface area contributed by atoms with Crippen molar-refractivity contribution in [3.63, 3.8) is 0 Å². The minimum atomic E-state index is 0.111. The zero-order chi connectivity index (χ0) is 17.1. The van der Waals surface area contributed by atoms with Crippen molar-refractivity contribution in [2.45, 2.75) is 53.3 Å². The predicted molar refractivity (Wildman–Crippen MR) is 96.5 cm³/mol. The number of guanidine groups is 1. The lowest BCUT2D eigenvalue weighted by atomic mass is 9.65. The Balaban J connectivity index is 2.18. The first-order chi connectivity index (χ1) is 10.8. The molecule has 1 heterocycles. The Bertz CT molecular complexity index is 563. The lowest BCUT2D eigenvalue weighted by Crippen LogP contribution is -2.72.